The second-order valence-electron chi connectivity index (χ2n) is 3.40. The Labute approximate surface area is 107 Å². The van der Waals surface area contributed by atoms with Gasteiger partial charge in [-0.25, -0.2) is 4.98 Å². The van der Waals surface area contributed by atoms with E-state index >= 15 is 0 Å². The minimum Gasteiger partial charge on any atom is -0.270 e. The van der Waals surface area contributed by atoms with Gasteiger partial charge in [-0.15, -0.1) is 0 Å². The van der Waals surface area contributed by atoms with Gasteiger partial charge in [0.25, 0.3) is 10.1 Å². The molecule has 0 amide bonds. The van der Waals surface area contributed by atoms with Gasteiger partial charge in [0.15, 0.2) is 0 Å². The van der Waals surface area contributed by atoms with Crippen LogP contribution >= 0.6 is 11.6 Å². The molecule has 0 unspecified atom stereocenters. The Morgan fingerprint density at radius 2 is 2.00 bits per heavy atom. The highest BCUT2D eigenvalue weighted by atomic mass is 35.5. The molecule has 0 fully saturated rings. The van der Waals surface area contributed by atoms with E-state index < -0.39 is 22.0 Å². The van der Waals surface area contributed by atoms with Gasteiger partial charge in [-0.1, -0.05) is 11.6 Å². The van der Waals surface area contributed by atoms with Gasteiger partial charge in [0.05, 0.1) is 23.6 Å². The van der Waals surface area contributed by atoms with E-state index in [1.165, 1.54) is 0 Å². The molecule has 102 valence electrons. The van der Waals surface area contributed by atoms with Crippen LogP contribution in [0.15, 0.2) is 12.1 Å². The van der Waals surface area contributed by atoms with Gasteiger partial charge in [0.2, 0.25) is 0 Å². The predicted molar refractivity (Wildman–Crippen MR) is 58.7 cm³/mol. The maximum Gasteiger partial charge on any atom is 0.433 e. The zero-order valence-corrected chi connectivity index (χ0v) is 10.7. The summed E-state index contributed by atoms with van der Waals surface area (Å²) in [7, 11) is -3.64. The largest absolute Gasteiger partial charge is 0.433 e. The molecular formula is C9H9ClF3NO3S. The lowest BCUT2D eigenvalue weighted by Gasteiger charge is -2.09. The van der Waals surface area contributed by atoms with Gasteiger partial charge in [0.1, 0.15) is 5.69 Å². The molecule has 0 aliphatic heterocycles. The second kappa shape index (κ2) is 5.41. The summed E-state index contributed by atoms with van der Waals surface area (Å²) in [6.07, 6.45) is -3.86. The number of hydrogen-bond donors (Lipinski definition) is 0. The van der Waals surface area contributed by atoms with Gasteiger partial charge >= 0.3 is 6.18 Å². The molecule has 0 N–H and O–H groups in total. The molecule has 0 saturated carbocycles. The van der Waals surface area contributed by atoms with Crippen LogP contribution < -0.4 is 0 Å². The molecule has 0 aliphatic carbocycles. The van der Waals surface area contributed by atoms with Gasteiger partial charge in [-0.05, 0) is 12.1 Å². The molecule has 1 aromatic heterocycles. The van der Waals surface area contributed by atoms with Gasteiger partial charge in [0, 0.05) is 6.42 Å². The van der Waals surface area contributed by atoms with E-state index in [9.17, 15) is 21.6 Å². The summed E-state index contributed by atoms with van der Waals surface area (Å²) in [5.41, 5.74) is -1.14. The summed E-state index contributed by atoms with van der Waals surface area (Å²) >= 11 is 5.66. The van der Waals surface area contributed by atoms with Crippen LogP contribution in [0, 0.1) is 0 Å². The Hall–Kier alpha value is -0.860. The molecule has 1 heterocycles. The van der Waals surface area contributed by atoms with Crippen molar-refractivity contribution < 1.29 is 25.8 Å². The summed E-state index contributed by atoms with van der Waals surface area (Å²) in [4.78, 5) is 3.33. The standard InChI is InChI=1S/C9H9ClF3NO3S/c1-18(15,16)17-5-4-7-6(10)2-3-8(14-7)9(11,12)13/h2-3H,4-5H2,1H3. The molecule has 0 atom stereocenters. The first-order valence-electron chi connectivity index (χ1n) is 4.66. The van der Waals surface area contributed by atoms with Gasteiger partial charge in [-0.2, -0.15) is 21.6 Å². The molecule has 0 radical (unpaired) electrons. The van der Waals surface area contributed by atoms with Crippen LogP contribution in [0.3, 0.4) is 0 Å². The number of hydrogen-bond acceptors (Lipinski definition) is 4. The Morgan fingerprint density at radius 1 is 1.39 bits per heavy atom. The molecule has 1 rings (SSSR count). The molecule has 0 bridgehead atoms. The van der Waals surface area contributed by atoms with Crippen LogP contribution in [0.2, 0.25) is 5.02 Å². The van der Waals surface area contributed by atoms with Crippen LogP contribution in [-0.2, 0) is 26.9 Å². The lowest BCUT2D eigenvalue weighted by molar-refractivity contribution is -0.141. The van der Waals surface area contributed by atoms with Crippen LogP contribution in [0.1, 0.15) is 11.4 Å². The molecule has 4 nitrogen and oxygen atoms in total. The lowest BCUT2D eigenvalue weighted by Crippen LogP contribution is -2.12. The average Bonchev–Trinajstić information content (AvgIpc) is 2.17. The van der Waals surface area contributed by atoms with Crippen molar-refractivity contribution in [2.24, 2.45) is 0 Å². The molecular weight excluding hydrogens is 295 g/mol. The third kappa shape index (κ3) is 4.79. The predicted octanol–water partition coefficient (Wildman–Crippen LogP) is 2.27. The van der Waals surface area contributed by atoms with Crippen molar-refractivity contribution >= 4 is 21.7 Å². The first kappa shape index (κ1) is 15.2. The summed E-state index contributed by atoms with van der Waals surface area (Å²) in [6, 6.07) is 1.82. The van der Waals surface area contributed by atoms with Crippen LogP contribution in [-0.4, -0.2) is 26.3 Å². The minimum absolute atomic E-state index is 0.0279. The molecule has 0 aliphatic rings. The summed E-state index contributed by atoms with van der Waals surface area (Å²) < 4.78 is 62.9. The Morgan fingerprint density at radius 3 is 2.50 bits per heavy atom. The molecule has 0 aromatic carbocycles. The van der Waals surface area contributed by atoms with Crippen molar-refractivity contribution in [1.82, 2.24) is 4.98 Å². The average molecular weight is 304 g/mol. The number of rotatable bonds is 4. The fourth-order valence-electron chi connectivity index (χ4n) is 1.11. The highest BCUT2D eigenvalue weighted by Gasteiger charge is 2.32. The fourth-order valence-corrected chi connectivity index (χ4v) is 1.69. The van der Waals surface area contributed by atoms with E-state index in [0.717, 1.165) is 18.4 Å². The highest BCUT2D eigenvalue weighted by Crippen LogP contribution is 2.29. The second-order valence-corrected chi connectivity index (χ2v) is 5.45. The molecule has 0 spiro atoms. The lowest BCUT2D eigenvalue weighted by atomic mass is 10.2. The maximum atomic E-state index is 12.4. The van der Waals surface area contributed by atoms with Crippen LogP contribution in [0.4, 0.5) is 13.2 Å². The van der Waals surface area contributed by atoms with Crippen LogP contribution in [0.25, 0.3) is 0 Å². The maximum absolute atomic E-state index is 12.4. The molecule has 18 heavy (non-hydrogen) atoms. The van der Waals surface area contributed by atoms with E-state index in [4.69, 9.17) is 11.6 Å². The number of halogens is 4. The van der Waals surface area contributed by atoms with E-state index in [0.29, 0.717) is 0 Å². The Bertz CT molecular complexity index is 530. The van der Waals surface area contributed by atoms with Gasteiger partial charge in [-0.3, -0.25) is 4.18 Å². The molecule has 1 aromatic rings. The Kier molecular flexibility index (Phi) is 4.57. The quantitative estimate of drug-likeness (QED) is 0.801. The number of alkyl halides is 3. The van der Waals surface area contributed by atoms with Gasteiger partial charge < -0.3 is 0 Å². The number of pyridine rings is 1. The van der Waals surface area contributed by atoms with E-state index in [-0.39, 0.29) is 23.7 Å². The first-order valence-corrected chi connectivity index (χ1v) is 6.86. The number of aromatic nitrogens is 1. The highest BCUT2D eigenvalue weighted by molar-refractivity contribution is 7.85. The SMILES string of the molecule is CS(=O)(=O)OCCc1nc(C(F)(F)F)ccc1Cl. The Balaban J connectivity index is 2.82. The zero-order valence-electron chi connectivity index (χ0n) is 9.16. The van der Waals surface area contributed by atoms with E-state index in [1.54, 1.807) is 0 Å². The van der Waals surface area contributed by atoms with E-state index in [1.807, 2.05) is 0 Å². The topological polar surface area (TPSA) is 56.3 Å². The third-order valence-electron chi connectivity index (χ3n) is 1.85. The summed E-state index contributed by atoms with van der Waals surface area (Å²) in [6.45, 7) is -0.313. The molecule has 0 saturated heterocycles. The zero-order chi connectivity index (χ0) is 14.0. The fraction of sp³-hybridized carbons (Fsp3) is 0.444. The van der Waals surface area contributed by atoms with Crippen molar-refractivity contribution in [2.45, 2.75) is 12.6 Å². The number of nitrogens with zero attached hydrogens (tertiary/aromatic N) is 1. The molecule has 9 heteroatoms. The van der Waals surface area contributed by atoms with Crippen molar-refractivity contribution in [3.05, 3.63) is 28.5 Å². The minimum atomic E-state index is -4.57. The van der Waals surface area contributed by atoms with Crippen molar-refractivity contribution in [2.75, 3.05) is 12.9 Å². The van der Waals surface area contributed by atoms with Crippen molar-refractivity contribution in [3.63, 3.8) is 0 Å². The first-order chi connectivity index (χ1) is 8.09. The monoisotopic (exact) mass is 303 g/mol. The van der Waals surface area contributed by atoms with Crippen LogP contribution in [0.5, 0.6) is 0 Å². The van der Waals surface area contributed by atoms with E-state index in [2.05, 4.69) is 9.17 Å². The summed E-state index contributed by atoms with van der Waals surface area (Å²) in [5, 5.41) is 0.0279. The summed E-state index contributed by atoms with van der Waals surface area (Å²) in [5.74, 6) is 0. The normalized spacial score (nSPS) is 12.7. The van der Waals surface area contributed by atoms with Crippen molar-refractivity contribution in [3.8, 4) is 0 Å². The van der Waals surface area contributed by atoms with Crippen molar-refractivity contribution in [1.29, 1.82) is 0 Å². The smallest absolute Gasteiger partial charge is 0.270 e. The third-order valence-corrected chi connectivity index (χ3v) is 2.78.